The number of unbranched alkanes of at least 4 members (excludes halogenated alkanes) is 2. The smallest absolute Gasteiger partial charge is 0.340 e. The number of hydrogen-bond acceptors (Lipinski definition) is 2. The van der Waals surface area contributed by atoms with E-state index in [4.69, 9.17) is 15.0 Å². The number of hydrogen-bond donors (Lipinski definition) is 0. The van der Waals surface area contributed by atoms with Crippen molar-refractivity contribution in [3.05, 3.63) is 29.2 Å². The normalized spacial score (nSPS) is 14.7. The van der Waals surface area contributed by atoms with Crippen LogP contribution in [-0.4, -0.2) is 23.7 Å². The van der Waals surface area contributed by atoms with E-state index in [0.717, 1.165) is 31.4 Å². The molecule has 18 heavy (non-hydrogen) atoms. The zero-order valence-corrected chi connectivity index (χ0v) is 11.3. The van der Waals surface area contributed by atoms with E-state index in [1.54, 1.807) is 0 Å². The van der Waals surface area contributed by atoms with E-state index in [2.05, 4.69) is 18.6 Å². The summed E-state index contributed by atoms with van der Waals surface area (Å²) in [6.07, 6.45) is 8.43. The maximum absolute atomic E-state index is 8.99. The molecular weight excluding hydrogens is 228 g/mol. The SMILES string of the molecule is CCCCOC1=CC=C(OCCCC)C(=[N+]=[N-])C1. The molecule has 1 rings (SSSR count). The van der Waals surface area contributed by atoms with Gasteiger partial charge in [0.2, 0.25) is 5.76 Å². The molecule has 4 nitrogen and oxygen atoms in total. The van der Waals surface area contributed by atoms with Crippen molar-refractivity contribution in [3.63, 3.8) is 0 Å². The Bertz CT molecular complexity index is 366. The number of allylic oxidation sites excluding steroid dienone is 4. The molecule has 0 bridgehead atoms. The molecule has 4 heteroatoms. The molecule has 0 radical (unpaired) electrons. The third-order valence-corrected chi connectivity index (χ3v) is 2.71. The molecule has 0 saturated carbocycles. The van der Waals surface area contributed by atoms with E-state index in [1.807, 2.05) is 12.2 Å². The lowest BCUT2D eigenvalue weighted by atomic mass is 10.1. The molecule has 0 saturated heterocycles. The second-order valence-corrected chi connectivity index (χ2v) is 4.29. The van der Waals surface area contributed by atoms with Crippen molar-refractivity contribution in [1.29, 1.82) is 0 Å². The fourth-order valence-corrected chi connectivity index (χ4v) is 1.57. The Morgan fingerprint density at radius 2 is 1.78 bits per heavy atom. The van der Waals surface area contributed by atoms with Gasteiger partial charge in [-0.15, -0.1) is 0 Å². The van der Waals surface area contributed by atoms with Crippen LogP contribution in [0, 0.1) is 0 Å². The van der Waals surface area contributed by atoms with Gasteiger partial charge in [-0.1, -0.05) is 26.7 Å². The Labute approximate surface area is 109 Å². The second kappa shape index (κ2) is 8.54. The lowest BCUT2D eigenvalue weighted by Gasteiger charge is -2.13. The third-order valence-electron chi connectivity index (χ3n) is 2.71. The van der Waals surface area contributed by atoms with Gasteiger partial charge in [0.05, 0.1) is 13.2 Å². The summed E-state index contributed by atoms with van der Waals surface area (Å²) in [6, 6.07) is 0. The lowest BCUT2D eigenvalue weighted by Crippen LogP contribution is -2.14. The summed E-state index contributed by atoms with van der Waals surface area (Å²) in [5, 5.41) is 0. The summed E-state index contributed by atoms with van der Waals surface area (Å²) in [4.78, 5) is 3.29. The molecule has 0 N–H and O–H groups in total. The van der Waals surface area contributed by atoms with Gasteiger partial charge < -0.3 is 15.0 Å². The van der Waals surface area contributed by atoms with Crippen molar-refractivity contribution < 1.29 is 14.3 Å². The van der Waals surface area contributed by atoms with Gasteiger partial charge in [0.1, 0.15) is 12.2 Å². The zero-order chi connectivity index (χ0) is 13.2. The first kappa shape index (κ1) is 14.5. The monoisotopic (exact) mass is 250 g/mol. The topological polar surface area (TPSA) is 54.9 Å². The van der Waals surface area contributed by atoms with Crippen LogP contribution in [0.1, 0.15) is 46.0 Å². The Hall–Kier alpha value is -1.54. The van der Waals surface area contributed by atoms with Gasteiger partial charge in [0.25, 0.3) is 0 Å². The summed E-state index contributed by atoms with van der Waals surface area (Å²) in [7, 11) is 0. The highest BCUT2D eigenvalue weighted by molar-refractivity contribution is 5.96. The average Bonchev–Trinajstić information content (AvgIpc) is 2.40. The van der Waals surface area contributed by atoms with Crippen LogP contribution in [0.5, 0.6) is 0 Å². The molecule has 0 heterocycles. The molecular formula is C14H22N2O2. The highest BCUT2D eigenvalue weighted by Crippen LogP contribution is 2.17. The largest absolute Gasteiger partial charge is 0.497 e. The van der Waals surface area contributed by atoms with Crippen LogP contribution < -0.4 is 0 Å². The van der Waals surface area contributed by atoms with Crippen LogP contribution in [0.25, 0.3) is 5.53 Å². The predicted octanol–water partition coefficient (Wildman–Crippen LogP) is 3.46. The first-order valence-corrected chi connectivity index (χ1v) is 6.69. The molecule has 0 fully saturated rings. The standard InChI is InChI=1S/C14H22N2O2/c1-3-5-9-17-12-7-8-14(13(11-12)16-15)18-10-6-4-2/h7-8H,3-6,9-11H2,1-2H3. The van der Waals surface area contributed by atoms with E-state index >= 15 is 0 Å². The van der Waals surface area contributed by atoms with Crippen LogP contribution in [0.3, 0.4) is 0 Å². The molecule has 0 atom stereocenters. The Kier molecular flexibility index (Phi) is 6.89. The van der Waals surface area contributed by atoms with Crippen LogP contribution in [-0.2, 0) is 9.47 Å². The summed E-state index contributed by atoms with van der Waals surface area (Å²) in [5.41, 5.74) is 9.53. The second-order valence-electron chi connectivity index (χ2n) is 4.29. The summed E-state index contributed by atoms with van der Waals surface area (Å²) in [5.74, 6) is 1.48. The summed E-state index contributed by atoms with van der Waals surface area (Å²) in [6.45, 7) is 5.60. The van der Waals surface area contributed by atoms with Gasteiger partial charge in [-0.05, 0) is 25.0 Å². The minimum Gasteiger partial charge on any atom is -0.497 e. The Balaban J connectivity index is 2.53. The minimum absolute atomic E-state index is 0.498. The van der Waals surface area contributed by atoms with Crippen molar-refractivity contribution in [2.75, 3.05) is 13.2 Å². The van der Waals surface area contributed by atoms with Gasteiger partial charge in [0, 0.05) is 0 Å². The van der Waals surface area contributed by atoms with Gasteiger partial charge in [0.15, 0.2) is 0 Å². The average molecular weight is 250 g/mol. The van der Waals surface area contributed by atoms with Gasteiger partial charge in [-0.25, -0.2) is 0 Å². The van der Waals surface area contributed by atoms with Crippen LogP contribution in [0.2, 0.25) is 0 Å². The molecule has 0 spiro atoms. The van der Waals surface area contributed by atoms with Crippen molar-refractivity contribution in [2.45, 2.75) is 46.0 Å². The molecule has 0 aliphatic heterocycles. The first-order valence-electron chi connectivity index (χ1n) is 6.69. The fraction of sp³-hybridized carbons (Fsp3) is 0.643. The van der Waals surface area contributed by atoms with Crippen LogP contribution in [0.15, 0.2) is 23.7 Å². The fourth-order valence-electron chi connectivity index (χ4n) is 1.57. The highest BCUT2D eigenvalue weighted by atomic mass is 16.5. The van der Waals surface area contributed by atoms with Crippen molar-refractivity contribution in [2.24, 2.45) is 0 Å². The highest BCUT2D eigenvalue weighted by Gasteiger charge is 2.23. The Morgan fingerprint density at radius 3 is 2.39 bits per heavy atom. The zero-order valence-electron chi connectivity index (χ0n) is 11.3. The predicted molar refractivity (Wildman–Crippen MR) is 71.1 cm³/mol. The lowest BCUT2D eigenvalue weighted by molar-refractivity contribution is -0.0137. The molecule has 0 unspecified atom stereocenters. The summed E-state index contributed by atoms with van der Waals surface area (Å²) >= 11 is 0. The molecule has 0 aromatic carbocycles. The maximum atomic E-state index is 8.99. The van der Waals surface area contributed by atoms with Gasteiger partial charge in [-0.2, -0.15) is 4.79 Å². The minimum atomic E-state index is 0.498. The van der Waals surface area contributed by atoms with Gasteiger partial charge >= 0.3 is 5.71 Å². The first-order chi connectivity index (χ1) is 8.81. The van der Waals surface area contributed by atoms with E-state index in [0.29, 0.717) is 31.1 Å². The molecule has 100 valence electrons. The Morgan fingerprint density at radius 1 is 1.11 bits per heavy atom. The van der Waals surface area contributed by atoms with E-state index in [-0.39, 0.29) is 0 Å². The van der Waals surface area contributed by atoms with Crippen molar-refractivity contribution in [3.8, 4) is 0 Å². The maximum Gasteiger partial charge on any atom is 0.340 e. The number of nitrogens with zero attached hydrogens (tertiary/aromatic N) is 2. The van der Waals surface area contributed by atoms with E-state index in [1.165, 1.54) is 0 Å². The summed E-state index contributed by atoms with van der Waals surface area (Å²) < 4.78 is 11.2. The quantitative estimate of drug-likeness (QED) is 0.376. The molecule has 0 aromatic rings. The van der Waals surface area contributed by atoms with E-state index in [9.17, 15) is 0 Å². The van der Waals surface area contributed by atoms with Gasteiger partial charge in [-0.3, -0.25) is 0 Å². The van der Waals surface area contributed by atoms with Crippen molar-refractivity contribution >= 4 is 5.71 Å². The van der Waals surface area contributed by atoms with Crippen molar-refractivity contribution in [1.82, 2.24) is 0 Å². The third kappa shape index (κ3) is 4.76. The molecule has 1 aliphatic carbocycles. The van der Waals surface area contributed by atoms with E-state index < -0.39 is 0 Å². The van der Waals surface area contributed by atoms with Crippen LogP contribution in [0.4, 0.5) is 0 Å². The molecule has 0 aromatic heterocycles. The number of ether oxygens (including phenoxy) is 2. The molecule has 1 aliphatic rings. The molecule has 0 amide bonds. The van der Waals surface area contributed by atoms with Crippen LogP contribution >= 0.6 is 0 Å². The number of rotatable bonds is 8.